The number of thiol groups is 1. The van der Waals surface area contributed by atoms with E-state index in [4.69, 9.17) is 10.8 Å². The zero-order valence-corrected chi connectivity index (χ0v) is 4.56. The lowest BCUT2D eigenvalue weighted by atomic mass is 10.6. The summed E-state index contributed by atoms with van der Waals surface area (Å²) in [4.78, 5) is 9.76. The van der Waals surface area contributed by atoms with Gasteiger partial charge in [-0.3, -0.25) is 4.79 Å². The minimum absolute atomic E-state index is 0.190. The number of carbonyl (C=O) groups is 1. The van der Waals surface area contributed by atoms with Crippen LogP contribution < -0.4 is 5.73 Å². The molecule has 0 aromatic rings. The third-order valence-corrected chi connectivity index (χ3v) is 0.907. The van der Waals surface area contributed by atoms with Gasteiger partial charge in [0.15, 0.2) is 0 Å². The van der Waals surface area contributed by atoms with Crippen LogP contribution in [0.5, 0.6) is 0 Å². The van der Waals surface area contributed by atoms with E-state index in [-0.39, 0.29) is 5.75 Å². The molecule has 3 nitrogen and oxygen atoms in total. The molecule has 0 aliphatic rings. The van der Waals surface area contributed by atoms with Gasteiger partial charge in [-0.1, -0.05) is 0 Å². The Bertz CT molecular complexity index is 75.3. The molecule has 0 aromatic heterocycles. The first-order valence-electron chi connectivity index (χ1n) is 1.77. The average Bonchev–Trinajstić information content (AvgIpc) is 1.65. The van der Waals surface area contributed by atoms with Crippen molar-refractivity contribution >= 4 is 18.6 Å². The Kier molecular flexibility index (Phi) is 2.78. The third kappa shape index (κ3) is 2.47. The second-order valence-corrected chi connectivity index (χ2v) is 1.49. The lowest BCUT2D eigenvalue weighted by Crippen LogP contribution is -2.31. The highest BCUT2D eigenvalue weighted by molar-refractivity contribution is 7.80. The van der Waals surface area contributed by atoms with Gasteiger partial charge in [-0.25, -0.2) is 0 Å². The topological polar surface area (TPSA) is 63.3 Å². The highest BCUT2D eigenvalue weighted by Crippen LogP contribution is 1.80. The van der Waals surface area contributed by atoms with Gasteiger partial charge in [0.2, 0.25) is 0 Å². The van der Waals surface area contributed by atoms with Crippen molar-refractivity contribution in [3.8, 4) is 0 Å². The first-order valence-corrected chi connectivity index (χ1v) is 2.41. The monoisotopic (exact) mass is 122 g/mol. The Hall–Kier alpha value is -0.220. The van der Waals surface area contributed by atoms with E-state index >= 15 is 0 Å². The van der Waals surface area contributed by atoms with Gasteiger partial charge in [-0.05, 0) is 0 Å². The SMILES string of the molecule is N[C@@H](CS)[13C](=O)O. The average molecular weight is 122 g/mol. The molecule has 0 aromatic carbocycles. The summed E-state index contributed by atoms with van der Waals surface area (Å²) in [6.45, 7) is 0. The molecule has 0 bridgehead atoms. The molecule has 0 fully saturated rings. The maximum Gasteiger partial charge on any atom is 0.321 e. The Balaban J connectivity index is 3.34. The summed E-state index contributed by atoms with van der Waals surface area (Å²) in [5.41, 5.74) is 4.94. The second kappa shape index (κ2) is 2.87. The van der Waals surface area contributed by atoms with E-state index in [0.29, 0.717) is 0 Å². The highest BCUT2D eigenvalue weighted by Gasteiger charge is 2.06. The molecular weight excluding hydrogens is 115 g/mol. The zero-order chi connectivity index (χ0) is 5.86. The van der Waals surface area contributed by atoms with E-state index in [2.05, 4.69) is 12.6 Å². The predicted molar refractivity (Wildman–Crippen MR) is 29.5 cm³/mol. The van der Waals surface area contributed by atoms with Crippen LogP contribution >= 0.6 is 12.6 Å². The fraction of sp³-hybridized carbons (Fsp3) is 0.667. The molecule has 0 aliphatic carbocycles. The van der Waals surface area contributed by atoms with E-state index in [0.717, 1.165) is 0 Å². The molecule has 0 rings (SSSR count). The minimum Gasteiger partial charge on any atom is -0.480 e. The third-order valence-electron chi connectivity index (χ3n) is 0.514. The van der Waals surface area contributed by atoms with Gasteiger partial charge in [0.25, 0.3) is 0 Å². The van der Waals surface area contributed by atoms with Gasteiger partial charge in [-0.15, -0.1) is 0 Å². The summed E-state index contributed by atoms with van der Waals surface area (Å²) in [6, 6.07) is -0.816. The van der Waals surface area contributed by atoms with E-state index in [9.17, 15) is 4.79 Å². The summed E-state index contributed by atoms with van der Waals surface area (Å²) < 4.78 is 0. The molecular formula is C3H7NO2S. The molecule has 0 unspecified atom stereocenters. The van der Waals surface area contributed by atoms with E-state index in [1.54, 1.807) is 0 Å². The van der Waals surface area contributed by atoms with Crippen LogP contribution in [0.25, 0.3) is 0 Å². The van der Waals surface area contributed by atoms with Crippen LogP contribution in [0.15, 0.2) is 0 Å². The summed E-state index contributed by atoms with van der Waals surface area (Å²) in [7, 11) is 0. The van der Waals surface area contributed by atoms with Crippen LogP contribution in [-0.2, 0) is 4.79 Å². The van der Waals surface area contributed by atoms with Crippen molar-refractivity contribution in [2.75, 3.05) is 5.75 Å². The standard InChI is InChI=1S/C3H7NO2S/c4-2(1-7)3(5)6/h2,7H,1,4H2,(H,5,6)/t2-/m0/s1/i3+1. The number of rotatable bonds is 2. The summed E-state index contributed by atoms with van der Waals surface area (Å²) in [5.74, 6) is -0.815. The van der Waals surface area contributed by atoms with Gasteiger partial charge in [-0.2, -0.15) is 12.6 Å². The summed E-state index contributed by atoms with van der Waals surface area (Å²) >= 11 is 3.65. The molecule has 0 saturated carbocycles. The van der Waals surface area contributed by atoms with Gasteiger partial charge in [0, 0.05) is 5.75 Å². The smallest absolute Gasteiger partial charge is 0.321 e. The molecule has 0 saturated heterocycles. The Morgan fingerprint density at radius 3 is 2.43 bits per heavy atom. The number of hydrogen-bond acceptors (Lipinski definition) is 3. The number of aliphatic carboxylic acids is 1. The number of nitrogens with two attached hydrogens (primary N) is 1. The molecule has 4 heteroatoms. The van der Waals surface area contributed by atoms with Crippen LogP contribution in [-0.4, -0.2) is 22.9 Å². The van der Waals surface area contributed by atoms with E-state index < -0.39 is 12.0 Å². The van der Waals surface area contributed by atoms with Crippen LogP contribution in [0, 0.1) is 0 Å². The molecule has 7 heavy (non-hydrogen) atoms. The Morgan fingerprint density at radius 2 is 2.43 bits per heavy atom. The maximum atomic E-state index is 9.76. The fourth-order valence-corrected chi connectivity index (χ4v) is 0.234. The van der Waals surface area contributed by atoms with Crippen LogP contribution in [0.2, 0.25) is 0 Å². The number of carboxylic acids is 1. The molecule has 0 spiro atoms. The van der Waals surface area contributed by atoms with Crippen molar-refractivity contribution < 1.29 is 9.90 Å². The van der Waals surface area contributed by atoms with Crippen LogP contribution in [0.4, 0.5) is 0 Å². The molecule has 0 heterocycles. The quantitative estimate of drug-likeness (QED) is 0.336. The Labute approximate surface area is 46.9 Å². The zero-order valence-electron chi connectivity index (χ0n) is 3.66. The first kappa shape index (κ1) is 6.78. The normalized spacial score (nSPS) is 13.4. The van der Waals surface area contributed by atoms with Crippen molar-refractivity contribution in [1.82, 2.24) is 0 Å². The van der Waals surface area contributed by atoms with E-state index in [1.807, 2.05) is 0 Å². The molecule has 0 radical (unpaired) electrons. The molecule has 0 aliphatic heterocycles. The van der Waals surface area contributed by atoms with Gasteiger partial charge < -0.3 is 10.8 Å². The fourth-order valence-electron chi connectivity index (χ4n) is 0.0781. The summed E-state index contributed by atoms with van der Waals surface area (Å²) in [6.07, 6.45) is 0. The molecule has 42 valence electrons. The highest BCUT2D eigenvalue weighted by atomic mass is 32.1. The van der Waals surface area contributed by atoms with Crippen molar-refractivity contribution in [2.45, 2.75) is 6.04 Å². The van der Waals surface area contributed by atoms with Crippen LogP contribution in [0.3, 0.4) is 0 Å². The van der Waals surface area contributed by atoms with Crippen molar-refractivity contribution in [1.29, 1.82) is 0 Å². The lowest BCUT2D eigenvalue weighted by molar-refractivity contribution is -0.137. The predicted octanol–water partition coefficient (Wildman–Crippen LogP) is -0.672. The molecule has 3 N–H and O–H groups in total. The number of carboxylic acid groups (broad SMARTS) is 1. The van der Waals surface area contributed by atoms with Gasteiger partial charge in [0.05, 0.1) is 0 Å². The lowest BCUT2D eigenvalue weighted by Gasteiger charge is -1.96. The first-order chi connectivity index (χ1) is 3.18. The van der Waals surface area contributed by atoms with Crippen molar-refractivity contribution in [3.05, 3.63) is 0 Å². The second-order valence-electron chi connectivity index (χ2n) is 1.13. The van der Waals surface area contributed by atoms with E-state index in [1.165, 1.54) is 0 Å². The largest absolute Gasteiger partial charge is 0.480 e. The molecule has 1 atom stereocenters. The number of hydrogen-bond donors (Lipinski definition) is 3. The van der Waals surface area contributed by atoms with Crippen molar-refractivity contribution in [3.63, 3.8) is 0 Å². The minimum atomic E-state index is -1.00. The van der Waals surface area contributed by atoms with Gasteiger partial charge >= 0.3 is 5.97 Å². The van der Waals surface area contributed by atoms with Crippen LogP contribution in [0.1, 0.15) is 0 Å². The maximum absolute atomic E-state index is 9.76. The summed E-state index contributed by atoms with van der Waals surface area (Å²) in [5, 5.41) is 8.01. The Morgan fingerprint density at radius 1 is 2.00 bits per heavy atom. The van der Waals surface area contributed by atoms with Crippen molar-refractivity contribution in [2.24, 2.45) is 5.73 Å². The molecule has 0 amide bonds. The van der Waals surface area contributed by atoms with Gasteiger partial charge in [0.1, 0.15) is 6.04 Å².